The van der Waals surface area contributed by atoms with Crippen molar-refractivity contribution in [3.05, 3.63) is 65.2 Å². The van der Waals surface area contributed by atoms with Gasteiger partial charge < -0.3 is 4.74 Å². The van der Waals surface area contributed by atoms with Crippen LogP contribution in [0, 0.1) is 0 Å². The van der Waals surface area contributed by atoms with Crippen molar-refractivity contribution in [1.29, 1.82) is 0 Å². The van der Waals surface area contributed by atoms with E-state index in [0.717, 1.165) is 5.75 Å². The third-order valence-electron chi connectivity index (χ3n) is 3.80. The standard InChI is InChI=1S/C21H26O/c1-4-6-7-18-8-10-19(11-9-18)16-17(3)20-12-14-21(15-13-20)22-5-2/h8-16H,4-7H2,1-3H3/b17-16+. The minimum atomic E-state index is 0.707. The van der Waals surface area contributed by atoms with E-state index in [1.165, 1.54) is 41.5 Å². The molecule has 0 radical (unpaired) electrons. The van der Waals surface area contributed by atoms with Crippen LogP contribution in [0.15, 0.2) is 48.5 Å². The Bertz CT molecular complexity index is 591. The highest BCUT2D eigenvalue weighted by molar-refractivity contribution is 5.80. The second-order valence-electron chi connectivity index (χ2n) is 5.63. The number of rotatable bonds is 7. The fraction of sp³-hybridized carbons (Fsp3) is 0.333. The van der Waals surface area contributed by atoms with Crippen molar-refractivity contribution in [1.82, 2.24) is 0 Å². The van der Waals surface area contributed by atoms with Crippen molar-refractivity contribution in [2.75, 3.05) is 6.61 Å². The molecule has 2 rings (SSSR count). The lowest BCUT2D eigenvalue weighted by Gasteiger charge is -2.06. The number of hydrogen-bond donors (Lipinski definition) is 0. The van der Waals surface area contributed by atoms with Gasteiger partial charge in [0.1, 0.15) is 5.75 Å². The average molecular weight is 294 g/mol. The van der Waals surface area contributed by atoms with Crippen LogP contribution in [-0.2, 0) is 6.42 Å². The van der Waals surface area contributed by atoms with E-state index in [-0.39, 0.29) is 0 Å². The van der Waals surface area contributed by atoms with Gasteiger partial charge in [0.25, 0.3) is 0 Å². The average Bonchev–Trinajstić information content (AvgIpc) is 2.55. The molecule has 1 heteroatoms. The molecular weight excluding hydrogens is 268 g/mol. The highest BCUT2D eigenvalue weighted by atomic mass is 16.5. The Kier molecular flexibility index (Phi) is 6.27. The number of aryl methyl sites for hydroxylation is 1. The van der Waals surface area contributed by atoms with Crippen LogP contribution in [0.2, 0.25) is 0 Å². The summed E-state index contributed by atoms with van der Waals surface area (Å²) in [7, 11) is 0. The van der Waals surface area contributed by atoms with Crippen LogP contribution in [0.3, 0.4) is 0 Å². The van der Waals surface area contributed by atoms with Gasteiger partial charge in [-0.2, -0.15) is 0 Å². The third kappa shape index (κ3) is 4.77. The molecule has 0 fully saturated rings. The van der Waals surface area contributed by atoms with Gasteiger partial charge in [0.15, 0.2) is 0 Å². The molecule has 0 aromatic heterocycles. The summed E-state index contributed by atoms with van der Waals surface area (Å²) in [6.45, 7) is 7.10. The molecule has 0 aliphatic carbocycles. The molecule has 22 heavy (non-hydrogen) atoms. The molecule has 2 aromatic rings. The van der Waals surface area contributed by atoms with Crippen molar-refractivity contribution in [3.63, 3.8) is 0 Å². The van der Waals surface area contributed by atoms with Crippen LogP contribution in [0.4, 0.5) is 0 Å². The molecule has 0 amide bonds. The molecule has 0 bridgehead atoms. The van der Waals surface area contributed by atoms with E-state index >= 15 is 0 Å². The number of benzene rings is 2. The zero-order chi connectivity index (χ0) is 15.8. The second kappa shape index (κ2) is 8.43. The highest BCUT2D eigenvalue weighted by Crippen LogP contribution is 2.21. The Hall–Kier alpha value is -2.02. The van der Waals surface area contributed by atoms with Crippen LogP contribution < -0.4 is 4.74 Å². The maximum atomic E-state index is 5.48. The Morgan fingerprint density at radius 1 is 0.955 bits per heavy atom. The van der Waals surface area contributed by atoms with Gasteiger partial charge in [0.2, 0.25) is 0 Å². The Morgan fingerprint density at radius 2 is 1.64 bits per heavy atom. The van der Waals surface area contributed by atoms with Gasteiger partial charge in [-0.05, 0) is 61.1 Å². The molecule has 0 aliphatic heterocycles. The number of unbranched alkanes of at least 4 members (excludes halogenated alkanes) is 1. The van der Waals surface area contributed by atoms with Crippen molar-refractivity contribution in [2.45, 2.75) is 40.0 Å². The Balaban J connectivity index is 2.07. The lowest BCUT2D eigenvalue weighted by atomic mass is 10.0. The summed E-state index contributed by atoms with van der Waals surface area (Å²) in [6, 6.07) is 17.2. The van der Waals surface area contributed by atoms with Crippen LogP contribution in [-0.4, -0.2) is 6.61 Å². The Labute approximate surface area is 134 Å². The highest BCUT2D eigenvalue weighted by Gasteiger charge is 1.99. The molecule has 0 atom stereocenters. The molecule has 0 unspecified atom stereocenters. The van der Waals surface area contributed by atoms with Crippen LogP contribution in [0.1, 0.15) is 50.3 Å². The fourth-order valence-electron chi connectivity index (χ4n) is 2.48. The smallest absolute Gasteiger partial charge is 0.119 e. The zero-order valence-electron chi connectivity index (χ0n) is 13.9. The SMILES string of the molecule is CCCCc1ccc(/C=C(\C)c2ccc(OCC)cc2)cc1. The molecule has 0 saturated carbocycles. The molecule has 0 spiro atoms. The first-order valence-corrected chi connectivity index (χ1v) is 8.23. The van der Waals surface area contributed by atoms with Gasteiger partial charge in [-0.3, -0.25) is 0 Å². The summed E-state index contributed by atoms with van der Waals surface area (Å²) < 4.78 is 5.48. The first-order chi connectivity index (χ1) is 10.7. The topological polar surface area (TPSA) is 9.23 Å². The Morgan fingerprint density at radius 3 is 2.23 bits per heavy atom. The summed E-state index contributed by atoms with van der Waals surface area (Å²) in [5.74, 6) is 0.930. The van der Waals surface area contributed by atoms with Crippen LogP contribution in [0.25, 0.3) is 11.6 Å². The van der Waals surface area contributed by atoms with Crippen LogP contribution >= 0.6 is 0 Å². The zero-order valence-corrected chi connectivity index (χ0v) is 13.9. The molecule has 0 heterocycles. The van der Waals surface area contributed by atoms with Gasteiger partial charge in [0, 0.05) is 0 Å². The van der Waals surface area contributed by atoms with Crippen molar-refractivity contribution >= 4 is 11.6 Å². The van der Waals surface area contributed by atoms with E-state index in [0.29, 0.717) is 6.61 Å². The molecular formula is C21H26O. The minimum Gasteiger partial charge on any atom is -0.494 e. The first kappa shape index (κ1) is 16.4. The molecule has 0 N–H and O–H groups in total. The number of ether oxygens (including phenoxy) is 1. The largest absolute Gasteiger partial charge is 0.494 e. The van der Waals surface area contributed by atoms with Gasteiger partial charge in [-0.1, -0.05) is 55.8 Å². The lowest BCUT2D eigenvalue weighted by Crippen LogP contribution is -1.91. The summed E-state index contributed by atoms with van der Waals surface area (Å²) in [4.78, 5) is 0. The maximum absolute atomic E-state index is 5.48. The molecule has 1 nitrogen and oxygen atoms in total. The van der Waals surface area contributed by atoms with E-state index in [1.54, 1.807) is 0 Å². The van der Waals surface area contributed by atoms with Gasteiger partial charge in [-0.15, -0.1) is 0 Å². The van der Waals surface area contributed by atoms with Crippen molar-refractivity contribution in [2.24, 2.45) is 0 Å². The van der Waals surface area contributed by atoms with Gasteiger partial charge >= 0.3 is 0 Å². The monoisotopic (exact) mass is 294 g/mol. The van der Waals surface area contributed by atoms with E-state index in [2.05, 4.69) is 56.3 Å². The second-order valence-corrected chi connectivity index (χ2v) is 5.63. The summed E-state index contributed by atoms with van der Waals surface area (Å²) in [5, 5.41) is 0. The number of allylic oxidation sites excluding steroid dienone is 1. The van der Waals surface area contributed by atoms with E-state index in [1.807, 2.05) is 19.1 Å². The quantitative estimate of drug-likeness (QED) is 0.570. The van der Waals surface area contributed by atoms with Crippen molar-refractivity contribution < 1.29 is 4.74 Å². The predicted molar refractivity (Wildman–Crippen MR) is 96.2 cm³/mol. The maximum Gasteiger partial charge on any atom is 0.119 e. The number of hydrogen-bond acceptors (Lipinski definition) is 1. The minimum absolute atomic E-state index is 0.707. The van der Waals surface area contributed by atoms with Crippen molar-refractivity contribution in [3.8, 4) is 5.75 Å². The molecule has 2 aromatic carbocycles. The van der Waals surface area contributed by atoms with Gasteiger partial charge in [0.05, 0.1) is 6.61 Å². The molecule has 0 saturated heterocycles. The third-order valence-corrected chi connectivity index (χ3v) is 3.80. The van der Waals surface area contributed by atoms with Crippen LogP contribution in [0.5, 0.6) is 5.75 Å². The lowest BCUT2D eigenvalue weighted by molar-refractivity contribution is 0.340. The van der Waals surface area contributed by atoms with E-state index < -0.39 is 0 Å². The van der Waals surface area contributed by atoms with E-state index in [9.17, 15) is 0 Å². The predicted octanol–water partition coefficient (Wildman–Crippen LogP) is 5.99. The molecule has 0 aliphatic rings. The van der Waals surface area contributed by atoms with Gasteiger partial charge in [-0.25, -0.2) is 0 Å². The first-order valence-electron chi connectivity index (χ1n) is 8.23. The van der Waals surface area contributed by atoms with E-state index in [4.69, 9.17) is 4.74 Å². The summed E-state index contributed by atoms with van der Waals surface area (Å²) in [5.41, 5.74) is 5.19. The molecule has 116 valence electrons. The summed E-state index contributed by atoms with van der Waals surface area (Å²) >= 11 is 0. The summed E-state index contributed by atoms with van der Waals surface area (Å²) in [6.07, 6.45) is 5.93. The fourth-order valence-corrected chi connectivity index (χ4v) is 2.48. The normalized spacial score (nSPS) is 11.5.